The van der Waals surface area contributed by atoms with Gasteiger partial charge in [0.25, 0.3) is 0 Å². The number of methoxy groups -OCH3 is 1. The maximum atomic E-state index is 11.9. The molecule has 118 valence electrons. The molecule has 1 amide bonds. The lowest BCUT2D eigenvalue weighted by Crippen LogP contribution is -2.12. The molecule has 0 fully saturated rings. The van der Waals surface area contributed by atoms with Gasteiger partial charge in [-0.1, -0.05) is 49.4 Å². The Kier molecular flexibility index (Phi) is 6.03. The Balaban J connectivity index is 1.81. The van der Waals surface area contributed by atoms with E-state index in [1.54, 1.807) is 7.11 Å². The van der Waals surface area contributed by atoms with Crippen molar-refractivity contribution in [3.05, 3.63) is 40.4 Å². The molecule has 0 atom stereocenters. The standard InChI is InChI=1S/C16H21N3O2S/c1-11(2)13-7-4-12(5-8-13)6-9-14(20)17-16-19-18-15(22-16)10-21-3/h4-5,7-8,11H,6,9-10H2,1-3H3,(H,17,19,20). The monoisotopic (exact) mass is 319 g/mol. The van der Waals surface area contributed by atoms with Crippen LogP contribution < -0.4 is 5.32 Å². The second kappa shape index (κ2) is 8.00. The number of benzene rings is 1. The minimum Gasteiger partial charge on any atom is -0.377 e. The van der Waals surface area contributed by atoms with Crippen LogP contribution in [0.15, 0.2) is 24.3 Å². The van der Waals surface area contributed by atoms with E-state index in [4.69, 9.17) is 4.74 Å². The van der Waals surface area contributed by atoms with E-state index in [-0.39, 0.29) is 5.91 Å². The molecule has 0 radical (unpaired) electrons. The Morgan fingerprint density at radius 3 is 2.64 bits per heavy atom. The van der Waals surface area contributed by atoms with Crippen LogP contribution in [0.2, 0.25) is 0 Å². The first-order valence-electron chi connectivity index (χ1n) is 7.28. The Morgan fingerprint density at radius 2 is 2.00 bits per heavy atom. The maximum Gasteiger partial charge on any atom is 0.226 e. The summed E-state index contributed by atoms with van der Waals surface area (Å²) < 4.78 is 4.97. The molecular weight excluding hydrogens is 298 g/mol. The van der Waals surface area contributed by atoms with Crippen molar-refractivity contribution < 1.29 is 9.53 Å². The molecule has 0 bridgehead atoms. The smallest absolute Gasteiger partial charge is 0.226 e. The largest absolute Gasteiger partial charge is 0.377 e. The molecule has 0 aliphatic heterocycles. The lowest BCUT2D eigenvalue weighted by atomic mass is 10.0. The van der Waals surface area contributed by atoms with E-state index in [0.29, 0.717) is 30.5 Å². The normalized spacial score (nSPS) is 10.9. The number of nitrogens with zero attached hydrogens (tertiary/aromatic N) is 2. The number of anilines is 1. The van der Waals surface area contributed by atoms with Gasteiger partial charge in [0, 0.05) is 13.5 Å². The van der Waals surface area contributed by atoms with Gasteiger partial charge in [-0.3, -0.25) is 4.79 Å². The summed E-state index contributed by atoms with van der Waals surface area (Å²) in [5.74, 6) is 0.476. The van der Waals surface area contributed by atoms with Gasteiger partial charge in [-0.2, -0.15) is 0 Å². The molecule has 1 heterocycles. The van der Waals surface area contributed by atoms with Gasteiger partial charge in [0.2, 0.25) is 11.0 Å². The predicted molar refractivity (Wildman–Crippen MR) is 88.1 cm³/mol. The summed E-state index contributed by atoms with van der Waals surface area (Å²) >= 11 is 1.33. The first kappa shape index (κ1) is 16.6. The summed E-state index contributed by atoms with van der Waals surface area (Å²) in [6.07, 6.45) is 1.15. The van der Waals surface area contributed by atoms with E-state index in [0.717, 1.165) is 10.6 Å². The number of nitrogens with one attached hydrogen (secondary N) is 1. The number of hydrogen-bond acceptors (Lipinski definition) is 5. The van der Waals surface area contributed by atoms with Crippen LogP contribution in [-0.4, -0.2) is 23.2 Å². The number of aromatic nitrogens is 2. The van der Waals surface area contributed by atoms with Gasteiger partial charge in [-0.25, -0.2) is 0 Å². The zero-order valence-corrected chi connectivity index (χ0v) is 13.9. The van der Waals surface area contributed by atoms with Crippen LogP contribution >= 0.6 is 11.3 Å². The molecule has 0 saturated heterocycles. The fourth-order valence-electron chi connectivity index (χ4n) is 1.99. The van der Waals surface area contributed by atoms with Gasteiger partial charge in [-0.15, -0.1) is 10.2 Å². The van der Waals surface area contributed by atoms with E-state index >= 15 is 0 Å². The highest BCUT2D eigenvalue weighted by molar-refractivity contribution is 7.15. The Labute approximate surface area is 134 Å². The summed E-state index contributed by atoms with van der Waals surface area (Å²) in [6, 6.07) is 8.42. The summed E-state index contributed by atoms with van der Waals surface area (Å²) in [7, 11) is 1.60. The molecule has 2 rings (SSSR count). The Morgan fingerprint density at radius 1 is 1.27 bits per heavy atom. The van der Waals surface area contributed by atoms with Crippen LogP contribution in [0.5, 0.6) is 0 Å². The van der Waals surface area contributed by atoms with Gasteiger partial charge < -0.3 is 10.1 Å². The fraction of sp³-hybridized carbons (Fsp3) is 0.438. The van der Waals surface area contributed by atoms with Gasteiger partial charge in [0.15, 0.2) is 0 Å². The third-order valence-corrected chi connectivity index (χ3v) is 4.08. The minimum atomic E-state index is -0.0481. The summed E-state index contributed by atoms with van der Waals surface area (Å²) in [5, 5.41) is 11.9. The summed E-state index contributed by atoms with van der Waals surface area (Å²) in [5.41, 5.74) is 2.48. The SMILES string of the molecule is COCc1nnc(NC(=O)CCc2ccc(C(C)C)cc2)s1. The molecule has 5 nitrogen and oxygen atoms in total. The number of ether oxygens (including phenoxy) is 1. The van der Waals surface area contributed by atoms with Crippen molar-refractivity contribution in [1.82, 2.24) is 10.2 Å². The predicted octanol–water partition coefficient (Wildman–Crippen LogP) is 3.38. The quantitative estimate of drug-likeness (QED) is 0.849. The number of aryl methyl sites for hydroxylation is 1. The van der Waals surface area contributed by atoms with E-state index in [9.17, 15) is 4.79 Å². The molecule has 0 aliphatic rings. The molecule has 0 unspecified atom stereocenters. The van der Waals surface area contributed by atoms with Gasteiger partial charge in [0.05, 0.1) is 0 Å². The van der Waals surface area contributed by atoms with Crippen LogP contribution in [-0.2, 0) is 22.6 Å². The van der Waals surface area contributed by atoms with Crippen molar-refractivity contribution in [3.8, 4) is 0 Å². The van der Waals surface area contributed by atoms with Crippen LogP contribution in [0.25, 0.3) is 0 Å². The lowest BCUT2D eigenvalue weighted by molar-refractivity contribution is -0.116. The van der Waals surface area contributed by atoms with Crippen molar-refractivity contribution in [2.75, 3.05) is 12.4 Å². The van der Waals surface area contributed by atoms with E-state index in [1.807, 2.05) is 0 Å². The summed E-state index contributed by atoms with van der Waals surface area (Å²) in [6.45, 7) is 4.75. The van der Waals surface area contributed by atoms with Crippen molar-refractivity contribution in [2.24, 2.45) is 0 Å². The molecule has 22 heavy (non-hydrogen) atoms. The minimum absolute atomic E-state index is 0.0481. The molecule has 0 spiro atoms. The molecule has 6 heteroatoms. The number of rotatable bonds is 7. The number of hydrogen-bond donors (Lipinski definition) is 1. The average molecular weight is 319 g/mol. The zero-order chi connectivity index (χ0) is 15.9. The van der Waals surface area contributed by atoms with Crippen LogP contribution in [0.3, 0.4) is 0 Å². The van der Waals surface area contributed by atoms with Crippen LogP contribution in [0.4, 0.5) is 5.13 Å². The lowest BCUT2D eigenvalue weighted by Gasteiger charge is -2.06. The molecule has 1 N–H and O–H groups in total. The molecule has 2 aromatic rings. The second-order valence-corrected chi connectivity index (χ2v) is 6.44. The number of carbonyl (C=O) groups excluding carboxylic acids is 1. The highest BCUT2D eigenvalue weighted by atomic mass is 32.1. The van der Waals surface area contributed by atoms with E-state index in [2.05, 4.69) is 53.6 Å². The number of carbonyl (C=O) groups is 1. The van der Waals surface area contributed by atoms with E-state index < -0.39 is 0 Å². The molecule has 0 saturated carbocycles. The van der Waals surface area contributed by atoms with Crippen LogP contribution in [0.1, 0.15) is 42.3 Å². The second-order valence-electron chi connectivity index (χ2n) is 5.38. The molecule has 1 aromatic carbocycles. The Bertz CT molecular complexity index is 608. The van der Waals surface area contributed by atoms with Crippen molar-refractivity contribution >= 4 is 22.4 Å². The number of amides is 1. The molecular formula is C16H21N3O2S. The average Bonchev–Trinajstić information content (AvgIpc) is 2.93. The molecule has 1 aromatic heterocycles. The fourth-order valence-corrected chi connectivity index (χ4v) is 2.72. The third kappa shape index (κ3) is 4.89. The van der Waals surface area contributed by atoms with Crippen molar-refractivity contribution in [3.63, 3.8) is 0 Å². The highest BCUT2D eigenvalue weighted by Gasteiger charge is 2.08. The first-order valence-corrected chi connectivity index (χ1v) is 8.10. The molecule has 0 aliphatic carbocycles. The highest BCUT2D eigenvalue weighted by Crippen LogP contribution is 2.17. The van der Waals surface area contributed by atoms with Gasteiger partial charge in [0.1, 0.15) is 11.6 Å². The topological polar surface area (TPSA) is 64.1 Å². The first-order chi connectivity index (χ1) is 10.6. The van der Waals surface area contributed by atoms with Crippen LogP contribution in [0, 0.1) is 0 Å². The van der Waals surface area contributed by atoms with Crippen molar-refractivity contribution in [2.45, 2.75) is 39.2 Å². The zero-order valence-electron chi connectivity index (χ0n) is 13.1. The third-order valence-electron chi connectivity index (χ3n) is 3.27. The Hall–Kier alpha value is -1.79. The maximum absolute atomic E-state index is 11.9. The summed E-state index contributed by atoms with van der Waals surface area (Å²) in [4.78, 5) is 11.9. The van der Waals surface area contributed by atoms with Gasteiger partial charge in [-0.05, 0) is 23.5 Å². The van der Waals surface area contributed by atoms with E-state index in [1.165, 1.54) is 16.9 Å². The van der Waals surface area contributed by atoms with Gasteiger partial charge >= 0.3 is 0 Å². The van der Waals surface area contributed by atoms with Crippen molar-refractivity contribution in [1.29, 1.82) is 0 Å².